The van der Waals surface area contributed by atoms with Gasteiger partial charge in [0.25, 0.3) is 0 Å². The fourth-order valence-electron chi connectivity index (χ4n) is 0.794. The van der Waals surface area contributed by atoms with Crippen molar-refractivity contribution >= 4 is 60.8 Å². The SMILES string of the molecule is O=C(CBr)c1cc(Cl)c(Br)c(Cl)c1. The summed E-state index contributed by atoms with van der Waals surface area (Å²) in [6.45, 7) is 0. The van der Waals surface area contributed by atoms with Gasteiger partial charge in [-0.05, 0) is 28.1 Å². The lowest BCUT2D eigenvalue weighted by Gasteiger charge is -2.02. The van der Waals surface area contributed by atoms with Crippen molar-refractivity contribution in [3.63, 3.8) is 0 Å². The van der Waals surface area contributed by atoms with E-state index in [9.17, 15) is 4.79 Å². The molecule has 0 amide bonds. The summed E-state index contributed by atoms with van der Waals surface area (Å²) in [5, 5.41) is 1.15. The second-order valence-corrected chi connectivity index (χ2v) is 4.48. The van der Waals surface area contributed by atoms with Crippen LogP contribution in [0.5, 0.6) is 0 Å². The Morgan fingerprint density at radius 1 is 1.31 bits per heavy atom. The van der Waals surface area contributed by atoms with E-state index in [0.717, 1.165) is 0 Å². The first kappa shape index (κ1) is 11.5. The lowest BCUT2D eigenvalue weighted by molar-refractivity contribution is 0.102. The first-order chi connectivity index (χ1) is 6.06. The van der Waals surface area contributed by atoms with E-state index < -0.39 is 0 Å². The van der Waals surface area contributed by atoms with Gasteiger partial charge in [-0.15, -0.1) is 0 Å². The zero-order valence-corrected chi connectivity index (χ0v) is 11.0. The van der Waals surface area contributed by atoms with Crippen LogP contribution in [0.25, 0.3) is 0 Å². The summed E-state index contributed by atoms with van der Waals surface area (Å²) in [4.78, 5) is 11.2. The molecule has 0 aliphatic rings. The summed E-state index contributed by atoms with van der Waals surface area (Å²) in [5.74, 6) is -0.0451. The molecule has 70 valence electrons. The predicted molar refractivity (Wildman–Crippen MR) is 62.3 cm³/mol. The minimum absolute atomic E-state index is 0.0451. The average molecular weight is 347 g/mol. The largest absolute Gasteiger partial charge is 0.293 e. The molecule has 0 spiro atoms. The number of rotatable bonds is 2. The van der Waals surface area contributed by atoms with Crippen LogP contribution in [0.2, 0.25) is 10.0 Å². The van der Waals surface area contributed by atoms with E-state index >= 15 is 0 Å². The first-order valence-electron chi connectivity index (χ1n) is 3.30. The Morgan fingerprint density at radius 2 is 1.77 bits per heavy atom. The normalized spacial score (nSPS) is 10.2. The van der Waals surface area contributed by atoms with E-state index in [2.05, 4.69) is 31.9 Å². The minimum atomic E-state index is -0.0451. The molecular weight excluding hydrogens is 343 g/mol. The summed E-state index contributed by atoms with van der Waals surface area (Å²) in [6, 6.07) is 3.17. The molecule has 0 saturated carbocycles. The maximum Gasteiger partial charge on any atom is 0.173 e. The fraction of sp³-hybridized carbons (Fsp3) is 0.125. The Hall–Kier alpha value is 0.430. The van der Waals surface area contributed by atoms with Crippen LogP contribution in [0.1, 0.15) is 10.4 Å². The van der Waals surface area contributed by atoms with Crippen LogP contribution >= 0.6 is 55.1 Å². The Morgan fingerprint density at radius 3 is 2.15 bits per heavy atom. The van der Waals surface area contributed by atoms with Crippen LogP contribution in [0.15, 0.2) is 16.6 Å². The molecule has 1 aromatic rings. The van der Waals surface area contributed by atoms with E-state index in [1.165, 1.54) is 0 Å². The fourth-order valence-corrected chi connectivity index (χ4v) is 1.83. The monoisotopic (exact) mass is 344 g/mol. The third-order valence-electron chi connectivity index (χ3n) is 1.43. The van der Waals surface area contributed by atoms with Crippen LogP contribution in [0, 0.1) is 0 Å². The van der Waals surface area contributed by atoms with E-state index in [4.69, 9.17) is 23.2 Å². The van der Waals surface area contributed by atoms with Crippen molar-refractivity contribution in [2.75, 3.05) is 5.33 Å². The van der Waals surface area contributed by atoms with Gasteiger partial charge in [0.2, 0.25) is 0 Å². The van der Waals surface area contributed by atoms with Gasteiger partial charge in [0.05, 0.1) is 19.8 Å². The smallest absolute Gasteiger partial charge is 0.173 e. The van der Waals surface area contributed by atoms with E-state index in [1.54, 1.807) is 12.1 Å². The molecule has 1 aromatic carbocycles. The molecule has 0 aromatic heterocycles. The number of carbonyl (C=O) groups excluding carboxylic acids is 1. The number of Topliss-reactive ketones (excluding diaryl/α,β-unsaturated/α-hetero) is 1. The van der Waals surface area contributed by atoms with Gasteiger partial charge >= 0.3 is 0 Å². The van der Waals surface area contributed by atoms with E-state index in [1.807, 2.05) is 0 Å². The van der Waals surface area contributed by atoms with Crippen molar-refractivity contribution in [2.45, 2.75) is 0 Å². The Balaban J connectivity index is 3.20. The molecule has 0 fully saturated rings. The lowest BCUT2D eigenvalue weighted by Crippen LogP contribution is -1.99. The van der Waals surface area contributed by atoms with Gasteiger partial charge in [0.15, 0.2) is 5.78 Å². The lowest BCUT2D eigenvalue weighted by atomic mass is 10.1. The molecule has 0 heterocycles. The summed E-state index contributed by atoms with van der Waals surface area (Å²) in [6.07, 6.45) is 0. The first-order valence-corrected chi connectivity index (χ1v) is 5.97. The van der Waals surface area contributed by atoms with Crippen LogP contribution in [0.4, 0.5) is 0 Å². The average Bonchev–Trinajstić information content (AvgIpc) is 2.12. The summed E-state index contributed by atoms with van der Waals surface area (Å²) in [7, 11) is 0. The molecule has 0 bridgehead atoms. The number of halogens is 4. The van der Waals surface area contributed by atoms with Crippen molar-refractivity contribution in [2.24, 2.45) is 0 Å². The van der Waals surface area contributed by atoms with Gasteiger partial charge < -0.3 is 0 Å². The van der Waals surface area contributed by atoms with Crippen LogP contribution in [0.3, 0.4) is 0 Å². The molecule has 0 unspecified atom stereocenters. The summed E-state index contributed by atoms with van der Waals surface area (Å²) in [5.41, 5.74) is 0.509. The third kappa shape index (κ3) is 2.69. The number of hydrogen-bond acceptors (Lipinski definition) is 1. The molecule has 0 radical (unpaired) electrons. The highest BCUT2D eigenvalue weighted by molar-refractivity contribution is 9.10. The second kappa shape index (κ2) is 4.78. The number of ketones is 1. The second-order valence-electron chi connectivity index (χ2n) is 2.31. The number of hydrogen-bond donors (Lipinski definition) is 0. The molecule has 1 rings (SSSR count). The van der Waals surface area contributed by atoms with Crippen molar-refractivity contribution < 1.29 is 4.79 Å². The van der Waals surface area contributed by atoms with Gasteiger partial charge in [-0.25, -0.2) is 0 Å². The molecule has 0 saturated heterocycles. The molecule has 0 atom stereocenters. The molecule has 1 nitrogen and oxygen atoms in total. The van der Waals surface area contributed by atoms with Crippen LogP contribution in [-0.4, -0.2) is 11.1 Å². The number of alkyl halides is 1. The minimum Gasteiger partial charge on any atom is -0.293 e. The number of carbonyl (C=O) groups is 1. The Labute approximate surface area is 103 Å². The standard InChI is InChI=1S/C8H4Br2Cl2O/c9-3-7(13)4-1-5(11)8(10)6(12)2-4/h1-2H,3H2. The molecular formula is C8H4Br2Cl2O. The molecule has 0 aliphatic carbocycles. The van der Waals surface area contributed by atoms with Crippen molar-refractivity contribution in [1.82, 2.24) is 0 Å². The number of benzene rings is 1. The highest BCUT2D eigenvalue weighted by Crippen LogP contribution is 2.31. The quantitative estimate of drug-likeness (QED) is 0.442. The van der Waals surface area contributed by atoms with E-state index in [-0.39, 0.29) is 11.1 Å². The molecule has 5 heteroatoms. The van der Waals surface area contributed by atoms with E-state index in [0.29, 0.717) is 20.1 Å². The Kier molecular flexibility index (Phi) is 4.23. The van der Waals surface area contributed by atoms with Crippen molar-refractivity contribution in [3.05, 3.63) is 32.2 Å². The zero-order chi connectivity index (χ0) is 10.0. The molecule has 13 heavy (non-hydrogen) atoms. The highest BCUT2D eigenvalue weighted by atomic mass is 79.9. The maximum atomic E-state index is 11.2. The van der Waals surface area contributed by atoms with Crippen LogP contribution < -0.4 is 0 Å². The zero-order valence-electron chi connectivity index (χ0n) is 6.28. The van der Waals surface area contributed by atoms with Gasteiger partial charge in [0.1, 0.15) is 0 Å². The van der Waals surface area contributed by atoms with Gasteiger partial charge in [-0.3, -0.25) is 4.79 Å². The topological polar surface area (TPSA) is 17.1 Å². The Bertz CT molecular complexity index is 329. The van der Waals surface area contributed by atoms with Crippen LogP contribution in [-0.2, 0) is 0 Å². The van der Waals surface area contributed by atoms with Crippen molar-refractivity contribution in [3.8, 4) is 0 Å². The van der Waals surface area contributed by atoms with Crippen molar-refractivity contribution in [1.29, 1.82) is 0 Å². The summed E-state index contributed by atoms with van der Waals surface area (Å²) < 4.78 is 0.613. The summed E-state index contributed by atoms with van der Waals surface area (Å²) >= 11 is 17.9. The highest BCUT2D eigenvalue weighted by Gasteiger charge is 2.09. The molecule has 0 N–H and O–H groups in total. The van der Waals surface area contributed by atoms with Gasteiger partial charge in [-0.2, -0.15) is 0 Å². The van der Waals surface area contributed by atoms with Gasteiger partial charge in [-0.1, -0.05) is 39.1 Å². The molecule has 0 aliphatic heterocycles. The van der Waals surface area contributed by atoms with Gasteiger partial charge in [0, 0.05) is 5.56 Å². The third-order valence-corrected chi connectivity index (χ3v) is 3.84. The predicted octanol–water partition coefficient (Wildman–Crippen LogP) is 4.33. The maximum absolute atomic E-state index is 11.2.